The van der Waals surface area contributed by atoms with E-state index in [1.54, 1.807) is 0 Å². The molecule has 1 atom stereocenters. The van der Waals surface area contributed by atoms with Crippen molar-refractivity contribution in [3.63, 3.8) is 0 Å². The Morgan fingerprint density at radius 1 is 0.964 bits per heavy atom. The number of hydrogen-bond donors (Lipinski definition) is 1. The highest BCUT2D eigenvalue weighted by Crippen LogP contribution is 2.27. The summed E-state index contributed by atoms with van der Waals surface area (Å²) in [4.78, 5) is 11.2. The van der Waals surface area contributed by atoms with Gasteiger partial charge in [0, 0.05) is 6.42 Å². The highest BCUT2D eigenvalue weighted by Gasteiger charge is 2.13. The molecule has 0 saturated heterocycles. The maximum Gasteiger partial charge on any atom is 0.303 e. The van der Waals surface area contributed by atoms with Crippen LogP contribution in [-0.4, -0.2) is 11.1 Å². The van der Waals surface area contributed by atoms with Gasteiger partial charge in [-0.2, -0.15) is 0 Å². The molecule has 2 rings (SSSR count). The summed E-state index contributed by atoms with van der Waals surface area (Å²) in [6.07, 6.45) is 22.8. The van der Waals surface area contributed by atoms with Gasteiger partial charge in [-0.15, -0.1) is 0 Å². The SMILES string of the molecule is O=C(O)CC(CCCCCC=CCCC1CCCCC1)CCc1ccccc1. The van der Waals surface area contributed by atoms with Gasteiger partial charge in [-0.3, -0.25) is 4.79 Å². The first-order chi connectivity index (χ1) is 13.7. The Balaban J connectivity index is 1.52. The fourth-order valence-electron chi connectivity index (χ4n) is 4.53. The molecule has 1 aromatic carbocycles. The predicted octanol–water partition coefficient (Wildman–Crippen LogP) is 7.58. The summed E-state index contributed by atoms with van der Waals surface area (Å²) in [5.41, 5.74) is 1.32. The largest absolute Gasteiger partial charge is 0.481 e. The average Bonchev–Trinajstić information content (AvgIpc) is 2.71. The molecule has 1 N–H and O–H groups in total. The van der Waals surface area contributed by atoms with Crippen molar-refractivity contribution >= 4 is 5.97 Å². The number of benzene rings is 1. The van der Waals surface area contributed by atoms with E-state index >= 15 is 0 Å². The first kappa shape index (κ1) is 22.7. The molecule has 28 heavy (non-hydrogen) atoms. The standard InChI is InChI=1S/C26H40O2/c27-26(28)22-25(21-20-24-17-12-7-13-18-24)19-9-5-3-1-2-4-8-14-23-15-10-6-11-16-23/h2,4,7,12-13,17-18,23,25H,1,3,5-6,8-11,14-16,19-22H2,(H,27,28). The van der Waals surface area contributed by atoms with Crippen molar-refractivity contribution in [3.05, 3.63) is 48.0 Å². The molecule has 1 saturated carbocycles. The Labute approximate surface area is 172 Å². The Kier molecular flexibility index (Phi) is 11.7. The number of rotatable bonds is 14. The maximum absolute atomic E-state index is 11.2. The Morgan fingerprint density at radius 3 is 2.46 bits per heavy atom. The minimum atomic E-state index is -0.654. The molecule has 0 radical (unpaired) electrons. The van der Waals surface area contributed by atoms with Crippen LogP contribution in [0.2, 0.25) is 0 Å². The van der Waals surface area contributed by atoms with Gasteiger partial charge >= 0.3 is 5.97 Å². The highest BCUT2D eigenvalue weighted by molar-refractivity contribution is 5.67. The number of hydrogen-bond acceptors (Lipinski definition) is 1. The Morgan fingerprint density at radius 2 is 1.71 bits per heavy atom. The van der Waals surface area contributed by atoms with E-state index in [4.69, 9.17) is 0 Å². The lowest BCUT2D eigenvalue weighted by Gasteiger charge is -2.20. The molecule has 0 aromatic heterocycles. The summed E-state index contributed by atoms with van der Waals surface area (Å²) in [7, 11) is 0. The van der Waals surface area contributed by atoms with Gasteiger partial charge in [-0.25, -0.2) is 0 Å². The first-order valence-electron chi connectivity index (χ1n) is 11.6. The monoisotopic (exact) mass is 384 g/mol. The number of aliphatic carboxylic acids is 1. The average molecular weight is 385 g/mol. The van der Waals surface area contributed by atoms with Gasteiger partial charge in [0.1, 0.15) is 0 Å². The summed E-state index contributed by atoms with van der Waals surface area (Å²) in [6, 6.07) is 10.4. The molecular formula is C26H40O2. The second-order valence-corrected chi connectivity index (χ2v) is 8.68. The van der Waals surface area contributed by atoms with Gasteiger partial charge in [0.15, 0.2) is 0 Å². The van der Waals surface area contributed by atoms with Gasteiger partial charge in [-0.05, 0) is 62.3 Å². The molecule has 2 heteroatoms. The summed E-state index contributed by atoms with van der Waals surface area (Å²) in [5.74, 6) is 0.642. The summed E-state index contributed by atoms with van der Waals surface area (Å²) >= 11 is 0. The zero-order valence-electron chi connectivity index (χ0n) is 17.7. The van der Waals surface area contributed by atoms with Crippen molar-refractivity contribution in [1.82, 2.24) is 0 Å². The van der Waals surface area contributed by atoms with Crippen LogP contribution in [0.4, 0.5) is 0 Å². The van der Waals surface area contributed by atoms with Gasteiger partial charge in [0.05, 0.1) is 0 Å². The van der Waals surface area contributed by atoms with E-state index in [0.717, 1.165) is 31.6 Å². The lowest BCUT2D eigenvalue weighted by atomic mass is 9.86. The molecule has 1 aliphatic carbocycles. The molecule has 0 amide bonds. The predicted molar refractivity (Wildman–Crippen MR) is 119 cm³/mol. The summed E-state index contributed by atoms with van der Waals surface area (Å²) in [5, 5.41) is 9.19. The van der Waals surface area contributed by atoms with Gasteiger partial charge in [0.25, 0.3) is 0 Å². The fraction of sp³-hybridized carbons (Fsp3) is 0.654. The van der Waals surface area contributed by atoms with Crippen molar-refractivity contribution in [2.75, 3.05) is 0 Å². The fourth-order valence-corrected chi connectivity index (χ4v) is 4.53. The number of carboxylic acid groups (broad SMARTS) is 1. The topological polar surface area (TPSA) is 37.3 Å². The van der Waals surface area contributed by atoms with Crippen LogP contribution in [0.25, 0.3) is 0 Å². The Hall–Kier alpha value is -1.57. The number of allylic oxidation sites excluding steroid dienone is 2. The lowest BCUT2D eigenvalue weighted by Crippen LogP contribution is -2.09. The highest BCUT2D eigenvalue weighted by atomic mass is 16.4. The number of aryl methyl sites for hydroxylation is 1. The van der Waals surface area contributed by atoms with Crippen molar-refractivity contribution in [1.29, 1.82) is 0 Å². The van der Waals surface area contributed by atoms with Gasteiger partial charge in [-0.1, -0.05) is 87.4 Å². The Bertz CT molecular complexity index is 543. The van der Waals surface area contributed by atoms with Crippen LogP contribution in [0.15, 0.2) is 42.5 Å². The molecular weight excluding hydrogens is 344 g/mol. The molecule has 0 bridgehead atoms. The van der Waals surface area contributed by atoms with E-state index < -0.39 is 5.97 Å². The number of carboxylic acids is 1. The van der Waals surface area contributed by atoms with E-state index in [-0.39, 0.29) is 0 Å². The minimum absolute atomic E-state index is 0.309. The summed E-state index contributed by atoms with van der Waals surface area (Å²) < 4.78 is 0. The zero-order chi connectivity index (χ0) is 19.9. The van der Waals surface area contributed by atoms with E-state index in [2.05, 4.69) is 36.4 Å². The lowest BCUT2D eigenvalue weighted by molar-refractivity contribution is -0.138. The zero-order valence-corrected chi connectivity index (χ0v) is 17.7. The van der Waals surface area contributed by atoms with Crippen LogP contribution in [0.5, 0.6) is 0 Å². The van der Waals surface area contributed by atoms with Crippen LogP contribution in [0.1, 0.15) is 95.5 Å². The van der Waals surface area contributed by atoms with Crippen LogP contribution in [0.3, 0.4) is 0 Å². The molecule has 1 aliphatic rings. The van der Waals surface area contributed by atoms with Gasteiger partial charge < -0.3 is 5.11 Å². The second-order valence-electron chi connectivity index (χ2n) is 8.68. The van der Waals surface area contributed by atoms with Crippen LogP contribution < -0.4 is 0 Å². The number of unbranched alkanes of at least 4 members (excludes halogenated alkanes) is 3. The van der Waals surface area contributed by atoms with E-state index in [1.807, 2.05) is 6.07 Å². The third-order valence-corrected chi connectivity index (χ3v) is 6.26. The smallest absolute Gasteiger partial charge is 0.303 e. The molecule has 2 nitrogen and oxygen atoms in total. The molecule has 156 valence electrons. The second kappa shape index (κ2) is 14.4. The van der Waals surface area contributed by atoms with E-state index in [1.165, 1.54) is 69.8 Å². The quantitative estimate of drug-likeness (QED) is 0.265. The van der Waals surface area contributed by atoms with Crippen LogP contribution >= 0.6 is 0 Å². The van der Waals surface area contributed by atoms with E-state index in [0.29, 0.717) is 12.3 Å². The van der Waals surface area contributed by atoms with Gasteiger partial charge in [0.2, 0.25) is 0 Å². The maximum atomic E-state index is 11.2. The van der Waals surface area contributed by atoms with Crippen molar-refractivity contribution in [2.24, 2.45) is 11.8 Å². The van der Waals surface area contributed by atoms with Crippen LogP contribution in [0, 0.1) is 11.8 Å². The molecule has 0 spiro atoms. The van der Waals surface area contributed by atoms with Crippen molar-refractivity contribution in [2.45, 2.75) is 96.3 Å². The molecule has 0 heterocycles. The number of carbonyl (C=O) groups is 1. The van der Waals surface area contributed by atoms with Crippen LogP contribution in [-0.2, 0) is 11.2 Å². The molecule has 0 aliphatic heterocycles. The third-order valence-electron chi connectivity index (χ3n) is 6.26. The molecule has 1 aromatic rings. The molecule has 1 unspecified atom stereocenters. The van der Waals surface area contributed by atoms with E-state index in [9.17, 15) is 9.90 Å². The van der Waals surface area contributed by atoms with Crippen molar-refractivity contribution < 1.29 is 9.90 Å². The normalized spacial score (nSPS) is 16.4. The first-order valence-corrected chi connectivity index (χ1v) is 11.6. The summed E-state index contributed by atoms with van der Waals surface area (Å²) in [6.45, 7) is 0. The molecule has 1 fully saturated rings. The minimum Gasteiger partial charge on any atom is -0.481 e. The third kappa shape index (κ3) is 10.7. The van der Waals surface area contributed by atoms with Crippen molar-refractivity contribution in [3.8, 4) is 0 Å².